The molecule has 77 heavy (non-hydrogen) atoms. The first kappa shape index (κ1) is 56.8. The summed E-state index contributed by atoms with van der Waals surface area (Å²) in [5.74, 6) is -1.02. The Morgan fingerprint density at radius 2 is 1.06 bits per heavy atom. The molecule has 2 aliphatic heterocycles. The van der Waals surface area contributed by atoms with Crippen LogP contribution in [0.15, 0.2) is 116 Å². The van der Waals surface area contributed by atoms with E-state index in [4.69, 9.17) is 42.0 Å². The van der Waals surface area contributed by atoms with E-state index in [0.29, 0.717) is 65.5 Å². The van der Waals surface area contributed by atoms with E-state index < -0.39 is 34.3 Å². The lowest BCUT2D eigenvalue weighted by molar-refractivity contribution is -0.137. The molecule has 6 aromatic rings. The number of nitrogens with one attached hydrogen (secondary N) is 4. The van der Waals surface area contributed by atoms with E-state index >= 15 is 0 Å². The minimum absolute atomic E-state index is 0.0454. The number of nitrogens with two attached hydrogens (primary N) is 2. The van der Waals surface area contributed by atoms with E-state index in [1.165, 1.54) is 81.5 Å². The highest BCUT2D eigenvalue weighted by Crippen LogP contribution is 2.41. The molecule has 2 amide bonds. The van der Waals surface area contributed by atoms with Gasteiger partial charge < -0.3 is 51.7 Å². The van der Waals surface area contributed by atoms with Crippen LogP contribution in [0.1, 0.15) is 68.7 Å². The molecule has 2 aliphatic rings. The molecule has 0 unspecified atom stereocenters. The molecule has 4 heterocycles. The Morgan fingerprint density at radius 1 is 0.610 bits per heavy atom. The van der Waals surface area contributed by atoms with Gasteiger partial charge >= 0.3 is 12.4 Å². The lowest BCUT2D eigenvalue weighted by atomic mass is 9.80. The van der Waals surface area contributed by atoms with Crippen LogP contribution < -0.4 is 42.2 Å². The predicted molar refractivity (Wildman–Crippen MR) is 275 cm³/mol. The third-order valence-corrected chi connectivity index (χ3v) is 13.2. The number of carbonyl (C=O) groups excluding carboxylic acids is 4. The molecule has 406 valence electrons. The molecule has 2 saturated heterocycles. The maximum Gasteiger partial charge on any atom is 0.418 e. The number of alkyl halides is 6. The number of anilines is 6. The second-order valence-electron chi connectivity index (χ2n) is 18.3. The maximum absolute atomic E-state index is 13.5. The average Bonchev–Trinajstić information content (AvgIpc) is 4.10. The van der Waals surface area contributed by atoms with Gasteiger partial charge in [-0.15, -0.1) is 0 Å². The second-order valence-corrected chi connectivity index (χ2v) is 18.7. The number of ether oxygens (including phenoxy) is 4. The topological polar surface area (TPSA) is 231 Å². The fourth-order valence-electron chi connectivity index (χ4n) is 8.56. The minimum Gasteiger partial charge on any atom is -0.497 e. The Labute approximate surface area is 443 Å². The molecular weight excluding hydrogens is 1040 g/mol. The first-order valence-corrected chi connectivity index (χ1v) is 24.1. The van der Waals surface area contributed by atoms with Gasteiger partial charge in [0, 0.05) is 91.5 Å². The molecule has 0 radical (unpaired) electrons. The zero-order valence-corrected chi connectivity index (χ0v) is 42.3. The Kier molecular flexibility index (Phi) is 18.0. The van der Waals surface area contributed by atoms with Crippen LogP contribution in [0.4, 0.5) is 60.5 Å². The molecule has 0 saturated carbocycles. The van der Waals surface area contributed by atoms with E-state index in [2.05, 4.69) is 31.2 Å². The molecule has 4 aromatic carbocycles. The predicted octanol–water partition coefficient (Wildman–Crippen LogP) is 10.1. The smallest absolute Gasteiger partial charge is 0.418 e. The normalized spacial score (nSPS) is 17.1. The summed E-state index contributed by atoms with van der Waals surface area (Å²) in [6.07, 6.45) is -2.85. The number of rotatable bonds is 18. The van der Waals surface area contributed by atoms with E-state index in [1.807, 2.05) is 0 Å². The van der Waals surface area contributed by atoms with E-state index in [-0.39, 0.29) is 90.4 Å². The molecule has 0 aliphatic carbocycles. The molecule has 2 atom stereocenters. The number of Topliss-reactive ketones (excluding diaryl/α,β-unsaturated/α-hetero) is 2. The summed E-state index contributed by atoms with van der Waals surface area (Å²) in [5, 5.41) is 11.4. The van der Waals surface area contributed by atoms with Gasteiger partial charge in [-0.3, -0.25) is 29.1 Å². The van der Waals surface area contributed by atoms with Crippen molar-refractivity contribution in [3.8, 4) is 11.5 Å². The number of benzene rings is 4. The lowest BCUT2D eigenvalue weighted by Crippen LogP contribution is -2.42. The monoisotopic (exact) mass is 1090 g/mol. The van der Waals surface area contributed by atoms with Gasteiger partial charge in [-0.1, -0.05) is 29.8 Å². The summed E-state index contributed by atoms with van der Waals surface area (Å²) in [4.78, 5) is 59.9. The Hall–Kier alpha value is -7.95. The summed E-state index contributed by atoms with van der Waals surface area (Å²) in [6.45, 7) is 1.12. The molecule has 0 spiro atoms. The lowest BCUT2D eigenvalue weighted by Gasteiger charge is -2.25. The highest BCUT2D eigenvalue weighted by molar-refractivity contribution is 6.31. The minimum atomic E-state index is -4.60. The van der Waals surface area contributed by atoms with Gasteiger partial charge in [0.15, 0.2) is 11.6 Å². The number of hydrogen-bond acceptors (Lipinski definition) is 14. The Bertz CT molecular complexity index is 3100. The van der Waals surface area contributed by atoms with Crippen molar-refractivity contribution in [2.75, 3.05) is 62.7 Å². The molecule has 23 heteroatoms. The molecular formula is C54H53ClF6N8O8. The molecule has 2 fully saturated rings. The van der Waals surface area contributed by atoms with Gasteiger partial charge in [0.1, 0.15) is 11.5 Å². The first-order valence-electron chi connectivity index (χ1n) is 23.7. The quantitative estimate of drug-likeness (QED) is 0.0348. The van der Waals surface area contributed by atoms with Crippen LogP contribution in [-0.2, 0) is 44.5 Å². The van der Waals surface area contributed by atoms with Crippen LogP contribution in [-0.4, -0.2) is 74.0 Å². The van der Waals surface area contributed by atoms with Crippen LogP contribution in [0.2, 0.25) is 5.02 Å². The summed E-state index contributed by atoms with van der Waals surface area (Å²) in [5.41, 5.74) is 10.8. The SMILES string of the molecule is COc1ccc(Nc2ccc(CNC(=O)[C@]3(CC(=O)c4cncc(N)c4)CCOC3)c(Cl)c2)c(C(F)(F)F)c1.COc1ccc(Nc2ccc(CNC(=O)[C@]3(CC(=O)c4cncc(N)c4)CCOC3)cc2)c(C(F)(F)F)c1. The fraction of sp³-hybridized carbons (Fsp3) is 0.296. The van der Waals surface area contributed by atoms with Crippen molar-refractivity contribution in [2.24, 2.45) is 10.8 Å². The third kappa shape index (κ3) is 14.5. The Morgan fingerprint density at radius 3 is 1.48 bits per heavy atom. The number of ketones is 2. The number of halogens is 7. The van der Waals surface area contributed by atoms with Gasteiger partial charge in [-0.05, 0) is 96.8 Å². The van der Waals surface area contributed by atoms with Crippen LogP contribution in [0, 0.1) is 10.8 Å². The largest absolute Gasteiger partial charge is 0.497 e. The highest BCUT2D eigenvalue weighted by atomic mass is 35.5. The number of aromatic nitrogens is 2. The third-order valence-electron chi connectivity index (χ3n) is 12.9. The number of amides is 2. The summed E-state index contributed by atoms with van der Waals surface area (Å²) in [6, 6.07) is 21.6. The van der Waals surface area contributed by atoms with Crippen LogP contribution >= 0.6 is 11.6 Å². The molecule has 2 aromatic heterocycles. The van der Waals surface area contributed by atoms with Crippen molar-refractivity contribution in [3.05, 3.63) is 154 Å². The number of pyridine rings is 2. The molecule has 8 rings (SSSR count). The molecule has 0 bridgehead atoms. The number of nitrogen functional groups attached to an aromatic ring is 2. The summed E-state index contributed by atoms with van der Waals surface area (Å²) in [7, 11) is 2.59. The zero-order chi connectivity index (χ0) is 55.5. The Balaban J connectivity index is 0.000000224. The summed E-state index contributed by atoms with van der Waals surface area (Å²) < 4.78 is 102. The van der Waals surface area contributed by atoms with E-state index in [0.717, 1.165) is 17.7 Å². The summed E-state index contributed by atoms with van der Waals surface area (Å²) >= 11 is 6.40. The van der Waals surface area contributed by atoms with Crippen LogP contribution in [0.5, 0.6) is 11.5 Å². The average molecular weight is 1090 g/mol. The van der Waals surface area contributed by atoms with E-state index in [1.54, 1.807) is 36.4 Å². The zero-order valence-electron chi connectivity index (χ0n) is 41.5. The number of carbonyl (C=O) groups is 4. The molecule has 16 nitrogen and oxygen atoms in total. The van der Waals surface area contributed by atoms with Crippen molar-refractivity contribution >= 4 is 69.1 Å². The number of nitrogens with zero attached hydrogens (tertiary/aromatic N) is 2. The van der Waals surface area contributed by atoms with Crippen molar-refractivity contribution in [1.29, 1.82) is 0 Å². The fourth-order valence-corrected chi connectivity index (χ4v) is 8.80. The number of hydrogen-bond donors (Lipinski definition) is 6. The van der Waals surface area contributed by atoms with Gasteiger partial charge in [-0.2, -0.15) is 26.3 Å². The second kappa shape index (κ2) is 24.4. The van der Waals surface area contributed by atoms with Gasteiger partial charge in [-0.25, -0.2) is 0 Å². The standard InChI is InChI=1S/C27H26ClF3N4O4.C27H27F3N4O4/c1-38-20-4-5-23(21(10-20)27(29,30)31)35-19-3-2-16(22(28)9-19)13-34-25(37)26(6-7-39-15-26)11-24(36)17-8-18(32)14-33-12-17;1-37-21-6-7-23(22(11-21)27(28,29)30)34-20-4-2-17(3-5-20)13-33-25(36)26(8-9-38-16-26)12-24(35)18-10-19(31)15-32-14-18/h2-5,8-10,12,14,35H,6-7,11,13,15,32H2,1H3,(H,34,37);2-7,10-11,14-15,34H,8-9,12-13,16,31H2,1H3,(H,33,36)/t2*26-/m00/s1. The van der Waals surface area contributed by atoms with Crippen molar-refractivity contribution in [2.45, 2.75) is 51.1 Å². The van der Waals surface area contributed by atoms with Crippen molar-refractivity contribution < 1.29 is 64.5 Å². The van der Waals surface area contributed by atoms with Crippen molar-refractivity contribution in [3.63, 3.8) is 0 Å². The van der Waals surface area contributed by atoms with Crippen LogP contribution in [0.3, 0.4) is 0 Å². The van der Waals surface area contributed by atoms with Gasteiger partial charge in [0.25, 0.3) is 0 Å². The molecule has 8 N–H and O–H groups in total. The first-order chi connectivity index (χ1) is 36.6. The number of methoxy groups -OCH3 is 2. The van der Waals surface area contributed by atoms with Crippen LogP contribution in [0.25, 0.3) is 0 Å². The van der Waals surface area contributed by atoms with Gasteiger partial charge in [0.05, 0.1) is 72.1 Å². The maximum atomic E-state index is 13.5. The van der Waals surface area contributed by atoms with E-state index in [9.17, 15) is 45.5 Å². The van der Waals surface area contributed by atoms with Crippen molar-refractivity contribution in [1.82, 2.24) is 20.6 Å². The highest BCUT2D eigenvalue weighted by Gasteiger charge is 2.45. The van der Waals surface area contributed by atoms with Gasteiger partial charge in [0.2, 0.25) is 11.8 Å².